The maximum absolute atomic E-state index is 14.2. The van der Waals surface area contributed by atoms with Crippen molar-refractivity contribution in [1.82, 2.24) is 5.01 Å². The monoisotopic (exact) mass is 444 g/mol. The lowest BCUT2D eigenvalue weighted by atomic mass is 9.79. The Labute approximate surface area is 166 Å². The van der Waals surface area contributed by atoms with E-state index in [-0.39, 0.29) is 10.6 Å². The Bertz CT molecular complexity index is 891. The summed E-state index contributed by atoms with van der Waals surface area (Å²) < 4.78 is 93.1. The molecule has 1 atom stereocenters. The first-order chi connectivity index (χ1) is 13.3. The van der Waals surface area contributed by atoms with E-state index in [1.165, 1.54) is 39.8 Å². The van der Waals surface area contributed by atoms with Crippen LogP contribution in [0.2, 0.25) is 0 Å². The number of phenols is 1. The van der Waals surface area contributed by atoms with E-state index in [0.29, 0.717) is 0 Å². The molecule has 1 aliphatic rings. The Kier molecular flexibility index (Phi) is 5.44. The van der Waals surface area contributed by atoms with Crippen LogP contribution in [0.15, 0.2) is 23.3 Å². The van der Waals surface area contributed by atoms with Gasteiger partial charge in [-0.25, -0.2) is 0 Å². The number of alkyl halides is 7. The summed E-state index contributed by atoms with van der Waals surface area (Å²) in [4.78, 5) is 12.8. The maximum atomic E-state index is 14.2. The minimum absolute atomic E-state index is 0.0250. The second-order valence-electron chi connectivity index (χ2n) is 8.02. The zero-order chi connectivity index (χ0) is 23.5. The van der Waals surface area contributed by atoms with Crippen molar-refractivity contribution >= 4 is 11.6 Å². The smallest absolute Gasteiger partial charge is 0.460 e. The first-order valence-electron chi connectivity index (χ1n) is 8.55. The van der Waals surface area contributed by atoms with Gasteiger partial charge in [-0.2, -0.15) is 40.8 Å². The number of aryl methyl sites for hydroxylation is 1. The number of hydrogen-bond donors (Lipinski definition) is 2. The van der Waals surface area contributed by atoms with Gasteiger partial charge in [0.2, 0.25) is 0 Å². The molecule has 1 aromatic rings. The number of amides is 1. The van der Waals surface area contributed by atoms with Crippen LogP contribution in [-0.4, -0.2) is 50.6 Å². The quantitative estimate of drug-likeness (QED) is 0.676. The minimum atomic E-state index is -6.61. The van der Waals surface area contributed by atoms with Gasteiger partial charge in [0.05, 0.1) is 5.56 Å². The van der Waals surface area contributed by atoms with E-state index in [1.54, 1.807) is 0 Å². The molecule has 0 saturated carbocycles. The molecule has 1 aliphatic heterocycles. The summed E-state index contributed by atoms with van der Waals surface area (Å²) in [6.07, 6.45) is -8.07. The highest BCUT2D eigenvalue weighted by atomic mass is 19.4. The highest BCUT2D eigenvalue weighted by Gasteiger charge is 2.76. The summed E-state index contributed by atoms with van der Waals surface area (Å²) in [5.41, 5.74) is -6.51. The van der Waals surface area contributed by atoms with Gasteiger partial charge in [0.25, 0.3) is 5.91 Å². The molecule has 30 heavy (non-hydrogen) atoms. The van der Waals surface area contributed by atoms with E-state index in [9.17, 15) is 45.7 Å². The highest BCUT2D eigenvalue weighted by Crippen LogP contribution is 2.51. The maximum Gasteiger partial charge on any atom is 0.460 e. The number of nitrogens with zero attached hydrogens (tertiary/aromatic N) is 2. The van der Waals surface area contributed by atoms with E-state index in [4.69, 9.17) is 0 Å². The van der Waals surface area contributed by atoms with Gasteiger partial charge in [-0.05, 0) is 18.6 Å². The van der Waals surface area contributed by atoms with Crippen molar-refractivity contribution in [1.29, 1.82) is 0 Å². The lowest BCUT2D eigenvalue weighted by Crippen LogP contribution is -2.58. The number of hydrogen-bond acceptors (Lipinski definition) is 4. The normalized spacial score (nSPS) is 21.1. The van der Waals surface area contributed by atoms with E-state index >= 15 is 0 Å². The largest absolute Gasteiger partial charge is 0.507 e. The van der Waals surface area contributed by atoms with Gasteiger partial charge >= 0.3 is 18.0 Å². The topological polar surface area (TPSA) is 73.1 Å². The second-order valence-corrected chi connectivity index (χ2v) is 8.02. The summed E-state index contributed by atoms with van der Waals surface area (Å²) in [7, 11) is 0. The Hall–Kier alpha value is -2.37. The Balaban J connectivity index is 2.65. The average Bonchev–Trinajstić information content (AvgIpc) is 2.95. The van der Waals surface area contributed by atoms with Crippen LogP contribution in [0.3, 0.4) is 0 Å². The van der Waals surface area contributed by atoms with Crippen molar-refractivity contribution in [3.05, 3.63) is 29.3 Å². The summed E-state index contributed by atoms with van der Waals surface area (Å²) in [6, 6.07) is 3.77. The van der Waals surface area contributed by atoms with Crippen LogP contribution >= 0.6 is 0 Å². The molecule has 0 aromatic heterocycles. The standard InChI is InChI=1S/C18H19F7N2O3/c1-9-6-5-7-10(12(9)28)13(29)27-15(30,14(2,3)4)8-11(26-27)16(19,20)17(21,22)18(23,24)25/h5-7,28,30H,8H2,1-4H3/t15-/m1/s1. The summed E-state index contributed by atoms with van der Waals surface area (Å²) in [5, 5.41) is 24.0. The molecule has 12 heteroatoms. The first kappa shape index (κ1) is 23.9. The SMILES string of the molecule is Cc1cccc(C(=O)N2N=C(C(F)(F)C(F)(F)C(F)(F)F)C[C@@]2(O)C(C)(C)C)c1O. The molecule has 1 heterocycles. The van der Waals surface area contributed by atoms with Gasteiger partial charge in [0.15, 0.2) is 5.72 Å². The zero-order valence-corrected chi connectivity index (χ0v) is 16.3. The van der Waals surface area contributed by atoms with Crippen LogP contribution in [-0.2, 0) is 0 Å². The second kappa shape index (κ2) is 6.82. The van der Waals surface area contributed by atoms with Crippen LogP contribution in [0.25, 0.3) is 0 Å². The number of phenolic OH excluding ortho intramolecular Hbond substituents is 1. The molecule has 0 fully saturated rings. The van der Waals surface area contributed by atoms with Crippen LogP contribution < -0.4 is 0 Å². The van der Waals surface area contributed by atoms with Gasteiger partial charge in [0, 0.05) is 11.8 Å². The van der Waals surface area contributed by atoms with Crippen molar-refractivity contribution < 1.29 is 45.7 Å². The molecule has 1 aromatic carbocycles. The van der Waals surface area contributed by atoms with E-state index in [1.807, 2.05) is 0 Å². The van der Waals surface area contributed by atoms with Gasteiger partial charge < -0.3 is 10.2 Å². The van der Waals surface area contributed by atoms with E-state index in [2.05, 4.69) is 5.10 Å². The fourth-order valence-electron chi connectivity index (χ4n) is 2.82. The molecule has 1 amide bonds. The highest BCUT2D eigenvalue weighted by molar-refractivity contribution is 6.02. The van der Waals surface area contributed by atoms with Gasteiger partial charge in [-0.1, -0.05) is 32.9 Å². The fourth-order valence-corrected chi connectivity index (χ4v) is 2.82. The molecule has 0 spiro atoms. The first-order valence-corrected chi connectivity index (χ1v) is 8.55. The van der Waals surface area contributed by atoms with Crippen molar-refractivity contribution in [2.24, 2.45) is 10.5 Å². The van der Waals surface area contributed by atoms with Crippen molar-refractivity contribution in [2.75, 3.05) is 0 Å². The summed E-state index contributed by atoms with van der Waals surface area (Å²) in [5.74, 6) is -14.3. The molecule has 2 N–H and O–H groups in total. The van der Waals surface area contributed by atoms with Gasteiger partial charge in [-0.15, -0.1) is 0 Å². The Morgan fingerprint density at radius 2 is 1.63 bits per heavy atom. The molecular formula is C18H19F7N2O3. The number of rotatable bonds is 3. The molecule has 0 bridgehead atoms. The number of hydrazone groups is 1. The van der Waals surface area contributed by atoms with Crippen LogP contribution in [0, 0.1) is 12.3 Å². The lowest BCUT2D eigenvalue weighted by Gasteiger charge is -2.41. The fraction of sp³-hybridized carbons (Fsp3) is 0.556. The third-order valence-electron chi connectivity index (χ3n) is 4.96. The number of aromatic hydroxyl groups is 1. The Morgan fingerprint density at radius 3 is 2.10 bits per heavy atom. The lowest BCUT2D eigenvalue weighted by molar-refractivity contribution is -0.336. The molecule has 0 aliphatic carbocycles. The van der Waals surface area contributed by atoms with Crippen molar-refractivity contribution in [3.8, 4) is 5.75 Å². The van der Waals surface area contributed by atoms with Crippen molar-refractivity contribution in [2.45, 2.75) is 57.9 Å². The third-order valence-corrected chi connectivity index (χ3v) is 4.96. The van der Waals surface area contributed by atoms with Gasteiger partial charge in [0.1, 0.15) is 11.5 Å². The molecule has 5 nitrogen and oxygen atoms in total. The molecule has 0 radical (unpaired) electrons. The summed E-state index contributed by atoms with van der Waals surface area (Å²) >= 11 is 0. The molecule has 0 unspecified atom stereocenters. The average molecular weight is 444 g/mol. The number of carbonyl (C=O) groups excluding carboxylic acids is 1. The van der Waals surface area contributed by atoms with Crippen LogP contribution in [0.4, 0.5) is 30.7 Å². The third kappa shape index (κ3) is 3.40. The zero-order valence-electron chi connectivity index (χ0n) is 16.3. The van der Waals surface area contributed by atoms with Crippen LogP contribution in [0.5, 0.6) is 5.75 Å². The predicted molar refractivity (Wildman–Crippen MR) is 91.4 cm³/mol. The molecule has 0 saturated heterocycles. The van der Waals surface area contributed by atoms with Crippen molar-refractivity contribution in [3.63, 3.8) is 0 Å². The van der Waals surface area contributed by atoms with Crippen LogP contribution in [0.1, 0.15) is 43.1 Å². The minimum Gasteiger partial charge on any atom is -0.507 e. The number of halogens is 7. The Morgan fingerprint density at radius 1 is 1.10 bits per heavy atom. The van der Waals surface area contributed by atoms with E-state index < -0.39 is 58.5 Å². The molecule has 2 rings (SSSR count). The van der Waals surface area contributed by atoms with Gasteiger partial charge in [-0.3, -0.25) is 4.79 Å². The van der Waals surface area contributed by atoms with E-state index in [0.717, 1.165) is 6.07 Å². The number of benzene rings is 1. The molecule has 168 valence electrons. The predicted octanol–water partition coefficient (Wildman–Crippen LogP) is 4.47. The number of carbonyl (C=O) groups is 1. The number of para-hydroxylation sites is 1. The molecular weight excluding hydrogens is 425 g/mol. The summed E-state index contributed by atoms with van der Waals surface area (Å²) in [6.45, 7) is 5.16. The number of aliphatic hydroxyl groups is 1.